The molecule has 1 unspecified atom stereocenters. The first-order valence-electron chi connectivity index (χ1n) is 8.68. The fourth-order valence-corrected chi connectivity index (χ4v) is 2.67. The minimum atomic E-state index is -0.228. The van der Waals surface area contributed by atoms with Gasteiger partial charge < -0.3 is 10.6 Å². The van der Waals surface area contributed by atoms with Crippen LogP contribution >= 0.6 is 0 Å². The molecule has 1 atom stereocenters. The summed E-state index contributed by atoms with van der Waals surface area (Å²) in [4.78, 5) is 24.2. The molecule has 0 aliphatic heterocycles. The molecule has 0 fully saturated rings. The van der Waals surface area contributed by atoms with Crippen LogP contribution in [-0.4, -0.2) is 24.9 Å². The van der Waals surface area contributed by atoms with Gasteiger partial charge in [-0.05, 0) is 49.1 Å². The van der Waals surface area contributed by atoms with Crippen molar-refractivity contribution in [3.8, 4) is 0 Å². The van der Waals surface area contributed by atoms with E-state index in [0.717, 1.165) is 17.5 Å². The molecule has 0 spiro atoms. The van der Waals surface area contributed by atoms with E-state index >= 15 is 0 Å². The average Bonchev–Trinajstić information content (AvgIpc) is 2.63. The molecule has 0 aliphatic carbocycles. The van der Waals surface area contributed by atoms with Crippen LogP contribution in [0.5, 0.6) is 0 Å². The van der Waals surface area contributed by atoms with Crippen molar-refractivity contribution in [2.24, 2.45) is 0 Å². The number of hydrogen-bond donors (Lipinski definition) is 2. The molecule has 2 amide bonds. The summed E-state index contributed by atoms with van der Waals surface area (Å²) < 4.78 is 0. The first-order valence-corrected chi connectivity index (χ1v) is 8.68. The second-order valence-electron chi connectivity index (χ2n) is 6.30. The standard InChI is InChI=1S/C21H26N2O2/c1-4-17(18-8-6-5-7-9-18)13-22-20(24)14-23-21(25)19-11-10-15(2)16(3)12-19/h5-12,17H,4,13-14H2,1-3H3,(H,22,24)(H,23,25). The zero-order chi connectivity index (χ0) is 18.2. The molecule has 2 rings (SSSR count). The topological polar surface area (TPSA) is 58.2 Å². The second kappa shape index (κ2) is 9.02. The van der Waals surface area contributed by atoms with Gasteiger partial charge in [0.25, 0.3) is 5.91 Å². The van der Waals surface area contributed by atoms with Crippen LogP contribution < -0.4 is 10.6 Å². The summed E-state index contributed by atoms with van der Waals surface area (Å²) in [6.45, 7) is 6.62. The molecule has 25 heavy (non-hydrogen) atoms. The van der Waals surface area contributed by atoms with Crippen molar-refractivity contribution in [2.75, 3.05) is 13.1 Å². The number of hydrogen-bond acceptors (Lipinski definition) is 2. The number of rotatable bonds is 7. The molecule has 2 N–H and O–H groups in total. The van der Waals surface area contributed by atoms with Crippen molar-refractivity contribution in [3.63, 3.8) is 0 Å². The summed E-state index contributed by atoms with van der Waals surface area (Å²) in [7, 11) is 0. The quantitative estimate of drug-likeness (QED) is 0.813. The van der Waals surface area contributed by atoms with E-state index in [1.165, 1.54) is 5.56 Å². The molecule has 0 radical (unpaired) electrons. The highest BCUT2D eigenvalue weighted by molar-refractivity contribution is 5.96. The van der Waals surface area contributed by atoms with Crippen LogP contribution in [0.1, 0.15) is 46.3 Å². The van der Waals surface area contributed by atoms with Crippen molar-refractivity contribution >= 4 is 11.8 Å². The van der Waals surface area contributed by atoms with Gasteiger partial charge in [0, 0.05) is 18.0 Å². The van der Waals surface area contributed by atoms with Crippen LogP contribution in [-0.2, 0) is 4.79 Å². The summed E-state index contributed by atoms with van der Waals surface area (Å²) in [5.74, 6) is -0.125. The number of benzene rings is 2. The summed E-state index contributed by atoms with van der Waals surface area (Å²) in [5, 5.41) is 5.58. The Labute approximate surface area is 149 Å². The molecule has 0 aromatic heterocycles. The number of amides is 2. The van der Waals surface area contributed by atoms with Crippen LogP contribution in [0.3, 0.4) is 0 Å². The van der Waals surface area contributed by atoms with Crippen molar-refractivity contribution < 1.29 is 9.59 Å². The molecular weight excluding hydrogens is 312 g/mol. The van der Waals surface area contributed by atoms with Gasteiger partial charge in [0.15, 0.2) is 0 Å². The normalized spacial score (nSPS) is 11.6. The SMILES string of the molecule is CCC(CNC(=O)CNC(=O)c1ccc(C)c(C)c1)c1ccccc1. The summed E-state index contributed by atoms with van der Waals surface area (Å²) in [6, 6.07) is 15.7. The Balaban J connectivity index is 1.81. The van der Waals surface area contributed by atoms with E-state index in [9.17, 15) is 9.59 Å². The first kappa shape index (κ1) is 18.7. The zero-order valence-corrected chi connectivity index (χ0v) is 15.1. The van der Waals surface area contributed by atoms with Gasteiger partial charge in [-0.3, -0.25) is 9.59 Å². The third-order valence-corrected chi connectivity index (χ3v) is 4.49. The molecule has 0 saturated carbocycles. The number of aryl methyl sites for hydroxylation is 2. The molecule has 4 nitrogen and oxygen atoms in total. The molecule has 2 aromatic carbocycles. The van der Waals surface area contributed by atoms with Crippen LogP contribution in [0.25, 0.3) is 0 Å². The Morgan fingerprint density at radius 3 is 2.32 bits per heavy atom. The van der Waals surface area contributed by atoms with Crippen molar-refractivity contribution in [1.82, 2.24) is 10.6 Å². The zero-order valence-electron chi connectivity index (χ0n) is 15.1. The molecule has 0 aliphatic rings. The van der Waals surface area contributed by atoms with Crippen LogP contribution in [0.2, 0.25) is 0 Å². The maximum atomic E-state index is 12.1. The number of nitrogens with one attached hydrogen (secondary N) is 2. The fraction of sp³-hybridized carbons (Fsp3) is 0.333. The van der Waals surface area contributed by atoms with Gasteiger partial charge in [-0.15, -0.1) is 0 Å². The molecular formula is C21H26N2O2. The minimum absolute atomic E-state index is 0.0169. The van der Waals surface area contributed by atoms with Crippen molar-refractivity contribution in [3.05, 3.63) is 70.8 Å². The maximum Gasteiger partial charge on any atom is 0.251 e. The second-order valence-corrected chi connectivity index (χ2v) is 6.30. The highest BCUT2D eigenvalue weighted by atomic mass is 16.2. The fourth-order valence-electron chi connectivity index (χ4n) is 2.67. The molecule has 0 bridgehead atoms. The first-order chi connectivity index (χ1) is 12.0. The van der Waals surface area contributed by atoms with Gasteiger partial charge in [-0.25, -0.2) is 0 Å². The van der Waals surface area contributed by atoms with E-state index in [2.05, 4.69) is 29.7 Å². The third-order valence-electron chi connectivity index (χ3n) is 4.49. The lowest BCUT2D eigenvalue weighted by Gasteiger charge is -2.16. The predicted octanol–water partition coefficient (Wildman–Crippen LogP) is 3.34. The number of carbonyl (C=O) groups is 2. The van der Waals surface area contributed by atoms with E-state index < -0.39 is 0 Å². The smallest absolute Gasteiger partial charge is 0.251 e. The Morgan fingerprint density at radius 2 is 1.68 bits per heavy atom. The van der Waals surface area contributed by atoms with Gasteiger partial charge in [0.2, 0.25) is 5.91 Å². The van der Waals surface area contributed by atoms with Crippen molar-refractivity contribution in [2.45, 2.75) is 33.1 Å². The molecule has 0 heterocycles. The highest BCUT2D eigenvalue weighted by Gasteiger charge is 2.12. The maximum absolute atomic E-state index is 12.1. The average molecular weight is 338 g/mol. The van der Waals surface area contributed by atoms with E-state index in [1.807, 2.05) is 44.2 Å². The van der Waals surface area contributed by atoms with Crippen LogP contribution in [0, 0.1) is 13.8 Å². The summed E-state index contributed by atoms with van der Waals surface area (Å²) in [5.41, 5.74) is 3.99. The third kappa shape index (κ3) is 5.45. The van der Waals surface area contributed by atoms with E-state index in [-0.39, 0.29) is 24.3 Å². The van der Waals surface area contributed by atoms with Gasteiger partial charge in [-0.2, -0.15) is 0 Å². The lowest BCUT2D eigenvalue weighted by Crippen LogP contribution is -2.38. The van der Waals surface area contributed by atoms with Gasteiger partial charge in [0.05, 0.1) is 6.54 Å². The largest absolute Gasteiger partial charge is 0.354 e. The number of carbonyl (C=O) groups excluding carboxylic acids is 2. The Morgan fingerprint density at radius 1 is 0.960 bits per heavy atom. The summed E-state index contributed by atoms with van der Waals surface area (Å²) >= 11 is 0. The molecule has 4 heteroatoms. The predicted molar refractivity (Wildman–Crippen MR) is 101 cm³/mol. The van der Waals surface area contributed by atoms with Crippen LogP contribution in [0.15, 0.2) is 48.5 Å². The lowest BCUT2D eigenvalue weighted by atomic mass is 9.96. The van der Waals surface area contributed by atoms with Gasteiger partial charge >= 0.3 is 0 Å². The summed E-state index contributed by atoms with van der Waals surface area (Å²) in [6.07, 6.45) is 0.944. The lowest BCUT2D eigenvalue weighted by molar-refractivity contribution is -0.120. The van der Waals surface area contributed by atoms with Gasteiger partial charge in [0.1, 0.15) is 0 Å². The Hall–Kier alpha value is -2.62. The van der Waals surface area contributed by atoms with E-state index in [0.29, 0.717) is 12.1 Å². The van der Waals surface area contributed by atoms with E-state index in [4.69, 9.17) is 0 Å². The minimum Gasteiger partial charge on any atom is -0.354 e. The monoisotopic (exact) mass is 338 g/mol. The highest BCUT2D eigenvalue weighted by Crippen LogP contribution is 2.17. The van der Waals surface area contributed by atoms with Crippen molar-refractivity contribution in [1.29, 1.82) is 0 Å². The molecule has 0 saturated heterocycles. The Kier molecular flexibility index (Phi) is 6.75. The van der Waals surface area contributed by atoms with Gasteiger partial charge in [-0.1, -0.05) is 43.3 Å². The van der Waals surface area contributed by atoms with Crippen LogP contribution in [0.4, 0.5) is 0 Å². The Bertz CT molecular complexity index is 726. The molecule has 132 valence electrons. The molecule has 2 aromatic rings. The van der Waals surface area contributed by atoms with E-state index in [1.54, 1.807) is 6.07 Å².